The lowest BCUT2D eigenvalue weighted by molar-refractivity contribution is -0.144. The van der Waals surface area contributed by atoms with Crippen LogP contribution in [0.3, 0.4) is 0 Å². The number of hydrogen-bond acceptors (Lipinski definition) is 18. The van der Waals surface area contributed by atoms with Crippen molar-refractivity contribution in [2.24, 2.45) is 35.0 Å². The third-order valence-electron chi connectivity index (χ3n) is 16.0. The van der Waals surface area contributed by atoms with Crippen LogP contribution < -0.4 is 44.1 Å². The topological polar surface area (TPSA) is 412 Å². The molecule has 3 atom stereocenters. The van der Waals surface area contributed by atoms with Crippen LogP contribution >= 0.6 is 0 Å². The first-order valence-electron chi connectivity index (χ1n) is 30.3. The molecule has 3 saturated carbocycles. The molecule has 0 aromatic heterocycles. The minimum atomic E-state index is -1.12. The lowest BCUT2D eigenvalue weighted by Gasteiger charge is -2.32. The molecule has 23 nitrogen and oxygen atoms in total. The number of methoxy groups -OCH3 is 1. The standard InChI is InChI=1S/C24H30N2O5.2C23H29N3O5/c1-23(2,25)20(22(29)31-3)26-21(28)19-10-8-17(9-11-19)6-4-5-7-18-12-14-24(30,16-27)15-13-18;2*1-22(2,24)19(21(29)26-31)25-20(28)18-9-7-16(8-10-18)5-3-4-6-17-11-13-23(30,15-27)14-12-17/h8-11,18,20,27,30H,12-16,25H2,1-3H3,(H,26,28);2*7-10,17,19,27,30-31H,11-15,24H2,1-2H3,(H,25,28)(H,26,29)/t18?,20-,24?;2*17?,19-,23?/m111/s1. The van der Waals surface area contributed by atoms with E-state index in [4.69, 9.17) is 32.4 Å². The first kappa shape index (κ1) is 76.9. The molecule has 3 fully saturated rings. The lowest BCUT2D eigenvalue weighted by atomic mass is 9.79. The summed E-state index contributed by atoms with van der Waals surface area (Å²) in [7, 11) is 1.24. The number of amides is 5. The van der Waals surface area contributed by atoms with Gasteiger partial charge in [0.1, 0.15) is 18.1 Å². The van der Waals surface area contributed by atoms with Crippen molar-refractivity contribution in [1.82, 2.24) is 26.9 Å². The van der Waals surface area contributed by atoms with E-state index in [0.717, 1.165) is 38.5 Å². The Balaban J connectivity index is 0.000000297. The maximum absolute atomic E-state index is 12.5. The number of hydrogen-bond donors (Lipinski definition) is 16. The number of benzene rings is 3. The summed E-state index contributed by atoms with van der Waals surface area (Å²) >= 11 is 0. The molecular weight excluding hydrogens is 1190 g/mol. The summed E-state index contributed by atoms with van der Waals surface area (Å²) in [6, 6.07) is 16.4. The number of carbonyl (C=O) groups is 6. The maximum Gasteiger partial charge on any atom is 0.330 e. The van der Waals surface area contributed by atoms with Crippen molar-refractivity contribution < 1.29 is 74.6 Å². The molecule has 0 saturated heterocycles. The maximum atomic E-state index is 12.5. The van der Waals surface area contributed by atoms with E-state index >= 15 is 0 Å². The monoisotopic (exact) mass is 1280 g/mol. The Kier molecular flexibility index (Phi) is 29.3. The Morgan fingerprint density at radius 1 is 0.452 bits per heavy atom. The Morgan fingerprint density at radius 2 is 0.688 bits per heavy atom. The van der Waals surface area contributed by atoms with Gasteiger partial charge in [0, 0.05) is 67.8 Å². The molecule has 0 heterocycles. The normalized spacial score (nSPS) is 21.5. The summed E-state index contributed by atoms with van der Waals surface area (Å²) in [5.41, 5.74) is 17.8. The van der Waals surface area contributed by atoms with Gasteiger partial charge in [-0.3, -0.25) is 34.4 Å². The average molecular weight is 1280 g/mol. The second kappa shape index (κ2) is 35.4. The third kappa shape index (κ3) is 25.4. The first-order chi connectivity index (χ1) is 43.7. The number of nitrogens with two attached hydrogens (primary N) is 3. The predicted octanol–water partition coefficient (Wildman–Crippen LogP) is 1.56. The summed E-state index contributed by atoms with van der Waals surface area (Å²) in [6.45, 7) is 8.86. The number of aliphatic hydroxyl groups is 6. The Labute approximate surface area is 544 Å². The van der Waals surface area contributed by atoms with Crippen molar-refractivity contribution in [2.75, 3.05) is 26.9 Å². The summed E-state index contributed by atoms with van der Waals surface area (Å²) in [5.74, 6) is 31.7. The number of ether oxygens (including phenoxy) is 1. The minimum absolute atomic E-state index is 0.156. The van der Waals surface area contributed by atoms with Gasteiger partial charge in [-0.1, -0.05) is 35.5 Å². The minimum Gasteiger partial charge on any atom is -0.467 e. The summed E-state index contributed by atoms with van der Waals surface area (Å²) in [6.07, 6.45) is 7.58. The quantitative estimate of drug-likeness (QED) is 0.0444. The van der Waals surface area contributed by atoms with Crippen molar-refractivity contribution in [3.63, 3.8) is 0 Å². The molecule has 498 valence electrons. The summed E-state index contributed by atoms with van der Waals surface area (Å²) in [5, 5.41) is 82.9. The van der Waals surface area contributed by atoms with E-state index in [1.165, 1.54) is 18.1 Å². The second-order valence-electron chi connectivity index (χ2n) is 25.4. The molecule has 23 heteroatoms. The molecule has 19 N–H and O–H groups in total. The fourth-order valence-electron chi connectivity index (χ4n) is 9.83. The van der Waals surface area contributed by atoms with Crippen LogP contribution in [0.15, 0.2) is 72.8 Å². The van der Waals surface area contributed by atoms with Gasteiger partial charge < -0.3 is 68.5 Å². The van der Waals surface area contributed by atoms with E-state index in [-0.39, 0.29) is 37.6 Å². The molecule has 0 unspecified atom stereocenters. The van der Waals surface area contributed by atoms with Gasteiger partial charge in [0.25, 0.3) is 29.5 Å². The van der Waals surface area contributed by atoms with Gasteiger partial charge in [-0.25, -0.2) is 15.8 Å². The van der Waals surface area contributed by atoms with E-state index in [1.807, 2.05) is 0 Å². The zero-order valence-electron chi connectivity index (χ0n) is 53.7. The molecule has 3 aliphatic rings. The van der Waals surface area contributed by atoms with Crippen molar-refractivity contribution in [2.45, 2.75) is 170 Å². The Hall–Kier alpha value is -8.60. The molecule has 0 aliphatic heterocycles. The van der Waals surface area contributed by atoms with Crippen LogP contribution in [-0.2, 0) is 19.1 Å². The number of carbonyl (C=O) groups excluding carboxylic acids is 6. The highest BCUT2D eigenvalue weighted by Crippen LogP contribution is 2.33. The summed E-state index contributed by atoms with van der Waals surface area (Å²) < 4.78 is 4.72. The van der Waals surface area contributed by atoms with Gasteiger partial charge in [0.05, 0.1) is 43.7 Å². The molecular formula is C70H88N8O15. The highest BCUT2D eigenvalue weighted by atomic mass is 16.5. The molecule has 6 rings (SSSR count). The van der Waals surface area contributed by atoms with E-state index < -0.39 is 87.1 Å². The molecule has 0 bridgehead atoms. The van der Waals surface area contributed by atoms with Crippen molar-refractivity contribution in [3.8, 4) is 71.0 Å². The fourth-order valence-corrected chi connectivity index (χ4v) is 9.83. The number of rotatable bonds is 15. The lowest BCUT2D eigenvalue weighted by Crippen LogP contribution is -2.61. The fraction of sp³-hybridized carbons (Fsp3) is 0.486. The van der Waals surface area contributed by atoms with Crippen LogP contribution in [0.4, 0.5) is 0 Å². The zero-order valence-corrected chi connectivity index (χ0v) is 53.7. The van der Waals surface area contributed by atoms with Gasteiger partial charge in [0.2, 0.25) is 0 Å². The van der Waals surface area contributed by atoms with Crippen LogP contribution in [0.5, 0.6) is 0 Å². The second-order valence-corrected chi connectivity index (χ2v) is 25.4. The average Bonchev–Trinajstić information content (AvgIpc) is 1.39. The van der Waals surface area contributed by atoms with Crippen molar-refractivity contribution >= 4 is 35.5 Å². The summed E-state index contributed by atoms with van der Waals surface area (Å²) in [4.78, 5) is 72.8. The van der Waals surface area contributed by atoms with Gasteiger partial charge in [-0.15, -0.1) is 0 Å². The number of esters is 1. The molecule has 5 amide bonds. The number of aliphatic hydroxyl groups excluding tert-OH is 3. The molecule has 3 aromatic rings. The van der Waals surface area contributed by atoms with Crippen molar-refractivity contribution in [1.29, 1.82) is 0 Å². The molecule has 3 aliphatic carbocycles. The first-order valence-corrected chi connectivity index (χ1v) is 30.3. The van der Waals surface area contributed by atoms with E-state index in [0.29, 0.717) is 71.9 Å². The number of nitrogens with one attached hydrogen (secondary N) is 5. The molecule has 0 radical (unpaired) electrons. The highest BCUT2D eigenvalue weighted by molar-refractivity contribution is 5.99. The largest absolute Gasteiger partial charge is 0.467 e. The Bertz CT molecular complexity index is 3080. The highest BCUT2D eigenvalue weighted by Gasteiger charge is 2.38. The molecule has 93 heavy (non-hydrogen) atoms. The van der Waals surface area contributed by atoms with Crippen LogP contribution in [0.25, 0.3) is 0 Å². The van der Waals surface area contributed by atoms with Crippen LogP contribution in [-0.4, -0.2) is 155 Å². The Morgan fingerprint density at radius 3 is 0.892 bits per heavy atom. The smallest absolute Gasteiger partial charge is 0.330 e. The zero-order chi connectivity index (χ0) is 69.2. The van der Waals surface area contributed by atoms with E-state index in [2.05, 4.69) is 87.0 Å². The SMILES string of the molecule is CC(C)(N)[C@H](NC(=O)c1ccc(C#CC#CC2CCC(O)(CO)CC2)cc1)C(=O)NO.CC(C)(N)[C@H](NC(=O)c1ccc(C#CC#CC2CCC(O)(CO)CC2)cc1)C(=O)NO.COC(=O)[C@@H](NC(=O)c1ccc(C#CC#CC2CCC(O)(CO)CC2)cc1)C(C)(C)N. The molecule has 3 aromatic carbocycles. The number of hydroxylamine groups is 2. The van der Waals surface area contributed by atoms with Gasteiger partial charge in [0.15, 0.2) is 0 Å². The predicted molar refractivity (Wildman–Crippen MR) is 346 cm³/mol. The van der Waals surface area contributed by atoms with Gasteiger partial charge >= 0.3 is 5.97 Å². The van der Waals surface area contributed by atoms with Gasteiger partial charge in [-0.2, -0.15) is 0 Å². The van der Waals surface area contributed by atoms with Crippen molar-refractivity contribution in [3.05, 3.63) is 106 Å². The van der Waals surface area contributed by atoms with E-state index in [9.17, 15) is 59.4 Å². The molecule has 0 spiro atoms. The van der Waals surface area contributed by atoms with Crippen LogP contribution in [0.1, 0.15) is 166 Å². The third-order valence-corrected chi connectivity index (χ3v) is 16.0. The van der Waals surface area contributed by atoms with E-state index in [1.54, 1.807) is 114 Å². The van der Waals surface area contributed by atoms with Crippen LogP contribution in [0, 0.1) is 88.8 Å². The van der Waals surface area contributed by atoms with Gasteiger partial charge in [-0.05, 0) is 227 Å². The van der Waals surface area contributed by atoms with Crippen LogP contribution in [0.2, 0.25) is 0 Å².